The molecule has 0 aliphatic heterocycles. The number of amides is 1. The van der Waals surface area contributed by atoms with Crippen molar-refractivity contribution < 1.29 is 27.5 Å². The molecule has 0 radical (unpaired) electrons. The Morgan fingerprint density at radius 1 is 1.31 bits per heavy atom. The molecule has 0 fully saturated rings. The molecule has 0 saturated carbocycles. The first-order valence-electron chi connectivity index (χ1n) is 8.40. The lowest BCUT2D eigenvalue weighted by atomic mass is 10.1. The third-order valence-electron chi connectivity index (χ3n) is 4.43. The molecular weight excluding hydrogens is 396 g/mol. The number of aliphatic hydroxyl groups is 1. The van der Waals surface area contributed by atoms with Crippen molar-refractivity contribution in [1.82, 2.24) is 19.7 Å². The lowest BCUT2D eigenvalue weighted by Crippen LogP contribution is -2.48. The smallest absolute Gasteiger partial charge is 0.394 e. The number of aromatic amines is 1. The van der Waals surface area contributed by atoms with Crippen molar-refractivity contribution in [3.63, 3.8) is 0 Å². The number of imidazole rings is 1. The maximum absolute atomic E-state index is 13.8. The molecule has 0 aliphatic rings. The summed E-state index contributed by atoms with van der Waals surface area (Å²) in [5.41, 5.74) is -0.0868. The van der Waals surface area contributed by atoms with Crippen LogP contribution in [0.3, 0.4) is 0 Å². The first-order chi connectivity index (χ1) is 13.5. The molecule has 0 spiro atoms. The van der Waals surface area contributed by atoms with Crippen LogP contribution in [0, 0.1) is 19.7 Å². The van der Waals surface area contributed by atoms with Crippen molar-refractivity contribution in [2.24, 2.45) is 0 Å². The fraction of sp³-hybridized carbons (Fsp3) is 0.278. The predicted octanol–water partition coefficient (Wildman–Crippen LogP) is 2.10. The highest BCUT2D eigenvalue weighted by atomic mass is 19.4. The zero-order valence-electron chi connectivity index (χ0n) is 15.3. The molecule has 3 N–H and O–H groups in total. The van der Waals surface area contributed by atoms with Gasteiger partial charge in [0, 0.05) is 11.6 Å². The van der Waals surface area contributed by atoms with E-state index < -0.39 is 41.9 Å². The van der Waals surface area contributed by atoms with Gasteiger partial charge in [-0.1, -0.05) is 12.1 Å². The van der Waals surface area contributed by atoms with Gasteiger partial charge in [0.05, 0.1) is 18.0 Å². The van der Waals surface area contributed by atoms with Crippen molar-refractivity contribution in [2.45, 2.75) is 26.1 Å². The number of benzene rings is 1. The van der Waals surface area contributed by atoms with Crippen LogP contribution in [-0.4, -0.2) is 44.2 Å². The third kappa shape index (κ3) is 3.86. The van der Waals surface area contributed by atoms with Crippen LogP contribution in [0.5, 0.6) is 0 Å². The van der Waals surface area contributed by atoms with Gasteiger partial charge in [-0.2, -0.15) is 13.2 Å². The average molecular weight is 412 g/mol. The monoisotopic (exact) mass is 412 g/mol. The number of carbonyl (C=O) groups is 1. The minimum Gasteiger partial charge on any atom is -0.394 e. The number of rotatable bonds is 4. The van der Waals surface area contributed by atoms with Gasteiger partial charge in [0.2, 0.25) is 0 Å². The summed E-state index contributed by atoms with van der Waals surface area (Å²) >= 11 is 0. The molecule has 0 aliphatic carbocycles. The van der Waals surface area contributed by atoms with Crippen LogP contribution in [0.2, 0.25) is 0 Å². The van der Waals surface area contributed by atoms with E-state index >= 15 is 0 Å². The highest BCUT2D eigenvalue weighted by Crippen LogP contribution is 2.22. The first kappa shape index (κ1) is 20.5. The molecule has 3 rings (SSSR count). The molecule has 2 heterocycles. The summed E-state index contributed by atoms with van der Waals surface area (Å²) in [5, 5.41) is 10.5. The van der Waals surface area contributed by atoms with Crippen molar-refractivity contribution >= 4 is 11.6 Å². The molecule has 29 heavy (non-hydrogen) atoms. The van der Waals surface area contributed by atoms with E-state index in [9.17, 15) is 27.2 Å². The maximum atomic E-state index is 13.8. The first-order valence-corrected chi connectivity index (χ1v) is 8.40. The van der Waals surface area contributed by atoms with Gasteiger partial charge in [-0.05, 0) is 25.5 Å². The topological polar surface area (TPSA) is 99.5 Å². The Kier molecular flexibility index (Phi) is 5.18. The predicted molar refractivity (Wildman–Crippen MR) is 95.1 cm³/mol. The third-order valence-corrected chi connectivity index (χ3v) is 4.43. The summed E-state index contributed by atoms with van der Waals surface area (Å²) in [5.74, 6) is -1.67. The molecule has 7 nitrogen and oxygen atoms in total. The molecule has 0 bridgehead atoms. The van der Waals surface area contributed by atoms with Gasteiger partial charge in [-0.15, -0.1) is 0 Å². The largest absolute Gasteiger partial charge is 0.410 e. The molecular formula is C18H16F4N4O3. The molecule has 154 valence electrons. The second kappa shape index (κ2) is 7.32. The summed E-state index contributed by atoms with van der Waals surface area (Å²) in [7, 11) is 0. The second-order valence-corrected chi connectivity index (χ2v) is 6.44. The van der Waals surface area contributed by atoms with Crippen molar-refractivity contribution in [2.75, 3.05) is 6.61 Å². The Balaban J connectivity index is 2.05. The Bertz CT molecular complexity index is 1150. The van der Waals surface area contributed by atoms with Crippen molar-refractivity contribution in [3.8, 4) is 11.3 Å². The van der Waals surface area contributed by atoms with Gasteiger partial charge in [-0.25, -0.2) is 18.6 Å². The van der Waals surface area contributed by atoms with Gasteiger partial charge in [-0.3, -0.25) is 4.79 Å². The van der Waals surface area contributed by atoms with Crippen LogP contribution in [0.15, 0.2) is 29.1 Å². The number of carbonyl (C=O) groups excluding carboxylic acids is 1. The fourth-order valence-electron chi connectivity index (χ4n) is 2.80. The standard InChI is InChI=1S/C18H16F4N4O3/c1-8-3-4-10(5-11(8)19)12-6-14-25-15(9(2)26(14)17(29)23-12)16(28)24-13(7-27)18(20,21)22/h3-6,13,27H,7H2,1-2H3,(H,23,29)(H,24,28)/t13-/m1/s1. The van der Waals surface area contributed by atoms with Crippen LogP contribution in [0.25, 0.3) is 16.9 Å². The molecule has 2 aromatic heterocycles. The summed E-state index contributed by atoms with van der Waals surface area (Å²) in [6.07, 6.45) is -4.85. The van der Waals surface area contributed by atoms with E-state index in [1.807, 2.05) is 0 Å². The Hall–Kier alpha value is -3.21. The number of halogens is 4. The second-order valence-electron chi connectivity index (χ2n) is 6.44. The molecule has 0 saturated heterocycles. The number of aliphatic hydroxyl groups excluding tert-OH is 1. The zero-order chi connectivity index (χ0) is 21.5. The van der Waals surface area contributed by atoms with Gasteiger partial charge in [0.15, 0.2) is 0 Å². The zero-order valence-corrected chi connectivity index (χ0v) is 15.3. The molecule has 1 amide bonds. The van der Waals surface area contributed by atoms with E-state index in [4.69, 9.17) is 5.11 Å². The number of nitrogens with zero attached hydrogens (tertiary/aromatic N) is 2. The fourth-order valence-corrected chi connectivity index (χ4v) is 2.80. The van der Waals surface area contributed by atoms with Crippen LogP contribution in [0.1, 0.15) is 21.7 Å². The van der Waals surface area contributed by atoms with Crippen molar-refractivity contribution in [1.29, 1.82) is 0 Å². The Morgan fingerprint density at radius 3 is 2.59 bits per heavy atom. The molecule has 11 heteroatoms. The summed E-state index contributed by atoms with van der Waals surface area (Å²) in [4.78, 5) is 31.2. The highest BCUT2D eigenvalue weighted by molar-refractivity contribution is 5.94. The number of H-pyrrole nitrogens is 1. The van der Waals surface area contributed by atoms with Gasteiger partial charge in [0.1, 0.15) is 23.2 Å². The number of fused-ring (bicyclic) bond motifs is 1. The number of nitrogens with one attached hydrogen (secondary N) is 2. The lowest BCUT2D eigenvalue weighted by Gasteiger charge is -2.18. The summed E-state index contributed by atoms with van der Waals surface area (Å²) in [6.45, 7) is 1.58. The van der Waals surface area contributed by atoms with Crippen LogP contribution >= 0.6 is 0 Å². The SMILES string of the molecule is Cc1ccc(-c2cc3nc(C(=O)N[C@H](CO)C(F)(F)F)c(C)n3c(=O)[nH]2)cc1F. The van der Waals surface area contributed by atoms with E-state index in [1.165, 1.54) is 25.1 Å². The normalized spacial score (nSPS) is 12.9. The van der Waals surface area contributed by atoms with Crippen LogP contribution < -0.4 is 11.0 Å². The van der Waals surface area contributed by atoms with Crippen molar-refractivity contribution in [3.05, 3.63) is 57.5 Å². The number of hydrogen-bond acceptors (Lipinski definition) is 4. The van der Waals surface area contributed by atoms with E-state index in [1.54, 1.807) is 18.3 Å². The molecule has 0 unspecified atom stereocenters. The average Bonchev–Trinajstić information content (AvgIpc) is 2.98. The van der Waals surface area contributed by atoms with E-state index in [2.05, 4.69) is 9.97 Å². The number of aromatic nitrogens is 3. The Labute approximate surface area is 161 Å². The van der Waals surface area contributed by atoms with Crippen LogP contribution in [-0.2, 0) is 0 Å². The minimum atomic E-state index is -4.85. The molecule has 1 aromatic carbocycles. The lowest BCUT2D eigenvalue weighted by molar-refractivity contribution is -0.161. The van der Waals surface area contributed by atoms with Gasteiger partial charge in [0.25, 0.3) is 5.91 Å². The number of alkyl halides is 3. The molecule has 3 aromatic rings. The quantitative estimate of drug-likeness (QED) is 0.572. The van der Waals surface area contributed by atoms with Crippen LogP contribution in [0.4, 0.5) is 17.6 Å². The van der Waals surface area contributed by atoms with Gasteiger partial charge >= 0.3 is 11.9 Å². The summed E-state index contributed by atoms with van der Waals surface area (Å²) < 4.78 is 53.2. The molecule has 1 atom stereocenters. The highest BCUT2D eigenvalue weighted by Gasteiger charge is 2.40. The van der Waals surface area contributed by atoms with E-state index in [0.717, 1.165) is 4.40 Å². The number of aryl methyl sites for hydroxylation is 2. The van der Waals surface area contributed by atoms with Gasteiger partial charge < -0.3 is 15.4 Å². The summed E-state index contributed by atoms with van der Waals surface area (Å²) in [6, 6.07) is 3.23. The minimum absolute atomic E-state index is 0.0000553. The van der Waals surface area contributed by atoms with E-state index in [-0.39, 0.29) is 17.0 Å². The Morgan fingerprint density at radius 2 is 2.00 bits per heavy atom. The maximum Gasteiger partial charge on any atom is 0.410 e. The van der Waals surface area contributed by atoms with E-state index in [0.29, 0.717) is 11.1 Å². The number of hydrogen-bond donors (Lipinski definition) is 3.